The summed E-state index contributed by atoms with van der Waals surface area (Å²) in [5.74, 6) is 0.849. The van der Waals surface area contributed by atoms with Crippen LogP contribution >= 0.6 is 0 Å². The maximum atomic E-state index is 12.6. The van der Waals surface area contributed by atoms with Crippen molar-refractivity contribution >= 4 is 23.4 Å². The van der Waals surface area contributed by atoms with Crippen LogP contribution in [0.25, 0.3) is 0 Å². The van der Waals surface area contributed by atoms with Crippen LogP contribution in [0.5, 0.6) is 0 Å². The van der Waals surface area contributed by atoms with Crippen LogP contribution in [0.15, 0.2) is 34.9 Å². The van der Waals surface area contributed by atoms with Crippen molar-refractivity contribution in [2.75, 3.05) is 23.7 Å². The highest BCUT2D eigenvalue weighted by molar-refractivity contribution is 5.96. The topological polar surface area (TPSA) is 87.5 Å². The minimum absolute atomic E-state index is 0.0661. The molecule has 0 aliphatic carbocycles. The fourth-order valence-corrected chi connectivity index (χ4v) is 2.51. The van der Waals surface area contributed by atoms with Crippen molar-refractivity contribution in [2.45, 2.75) is 34.1 Å². The quantitative estimate of drug-likeness (QED) is 0.790. The Labute approximate surface area is 153 Å². The van der Waals surface area contributed by atoms with Gasteiger partial charge in [0.1, 0.15) is 12.3 Å². The third-order valence-corrected chi connectivity index (χ3v) is 3.69. The molecule has 0 saturated heterocycles. The van der Waals surface area contributed by atoms with Crippen molar-refractivity contribution in [1.82, 2.24) is 10.1 Å². The van der Waals surface area contributed by atoms with Gasteiger partial charge in [0.15, 0.2) is 5.82 Å². The molecule has 2 aromatic rings. The molecular weight excluding hydrogens is 332 g/mol. The van der Waals surface area contributed by atoms with Crippen molar-refractivity contribution in [1.29, 1.82) is 0 Å². The van der Waals surface area contributed by atoms with Gasteiger partial charge >= 0.3 is 6.03 Å². The maximum absolute atomic E-state index is 12.6. The highest BCUT2D eigenvalue weighted by Gasteiger charge is 2.19. The zero-order valence-electron chi connectivity index (χ0n) is 15.7. The Morgan fingerprint density at radius 2 is 2.00 bits per heavy atom. The second-order valence-electron chi connectivity index (χ2n) is 6.63. The Hall–Kier alpha value is -2.83. The van der Waals surface area contributed by atoms with Crippen LogP contribution in [-0.4, -0.2) is 35.1 Å². The highest BCUT2D eigenvalue weighted by atomic mass is 16.5. The Balaban J connectivity index is 2.02. The highest BCUT2D eigenvalue weighted by Crippen LogP contribution is 2.13. The number of nitrogens with one attached hydrogen (secondary N) is 2. The molecule has 0 radical (unpaired) electrons. The van der Waals surface area contributed by atoms with E-state index >= 15 is 0 Å². The van der Waals surface area contributed by atoms with Crippen molar-refractivity contribution in [3.05, 3.63) is 41.7 Å². The van der Waals surface area contributed by atoms with Crippen molar-refractivity contribution in [3.63, 3.8) is 0 Å². The van der Waals surface area contributed by atoms with E-state index in [4.69, 9.17) is 4.52 Å². The predicted molar refractivity (Wildman–Crippen MR) is 101 cm³/mol. The Morgan fingerprint density at radius 3 is 2.62 bits per heavy atom. The Kier molecular flexibility index (Phi) is 6.77. The van der Waals surface area contributed by atoms with Gasteiger partial charge in [0.05, 0.1) is 0 Å². The number of rotatable bonds is 7. The third-order valence-electron chi connectivity index (χ3n) is 3.69. The molecule has 7 nitrogen and oxygen atoms in total. The third kappa shape index (κ3) is 5.91. The van der Waals surface area contributed by atoms with Gasteiger partial charge in [-0.3, -0.25) is 4.79 Å². The molecule has 0 aliphatic heterocycles. The zero-order valence-corrected chi connectivity index (χ0v) is 15.7. The minimum Gasteiger partial charge on any atom is -0.360 e. The number of benzene rings is 1. The van der Waals surface area contributed by atoms with E-state index in [-0.39, 0.29) is 24.4 Å². The van der Waals surface area contributed by atoms with Gasteiger partial charge in [-0.05, 0) is 37.0 Å². The van der Waals surface area contributed by atoms with Gasteiger partial charge in [-0.25, -0.2) is 4.79 Å². The maximum Gasteiger partial charge on any atom is 0.322 e. The van der Waals surface area contributed by atoms with Crippen LogP contribution in [0.1, 0.15) is 32.1 Å². The van der Waals surface area contributed by atoms with E-state index in [2.05, 4.69) is 22.7 Å². The first-order valence-corrected chi connectivity index (χ1v) is 8.75. The zero-order chi connectivity index (χ0) is 19.1. The average Bonchev–Trinajstić information content (AvgIpc) is 2.98. The Bertz CT molecular complexity index is 755. The van der Waals surface area contributed by atoms with Gasteiger partial charge in [-0.1, -0.05) is 38.1 Å². The molecule has 0 aliphatic rings. The predicted octanol–water partition coefficient (Wildman–Crippen LogP) is 3.67. The number of aromatic nitrogens is 1. The lowest BCUT2D eigenvalue weighted by atomic mass is 10.1. The van der Waals surface area contributed by atoms with E-state index in [1.807, 2.05) is 38.1 Å². The van der Waals surface area contributed by atoms with E-state index in [1.165, 1.54) is 4.90 Å². The van der Waals surface area contributed by atoms with Crippen LogP contribution in [0, 0.1) is 12.8 Å². The average molecular weight is 358 g/mol. The fraction of sp³-hybridized carbons (Fsp3) is 0.421. The van der Waals surface area contributed by atoms with E-state index in [9.17, 15) is 9.59 Å². The first-order valence-electron chi connectivity index (χ1n) is 8.75. The number of hydrogen-bond donors (Lipinski definition) is 2. The lowest BCUT2D eigenvalue weighted by Gasteiger charge is -2.24. The van der Waals surface area contributed by atoms with Crippen molar-refractivity contribution in [2.24, 2.45) is 5.92 Å². The molecule has 2 N–H and O–H groups in total. The summed E-state index contributed by atoms with van der Waals surface area (Å²) in [6.45, 7) is 8.19. The Morgan fingerprint density at radius 1 is 1.23 bits per heavy atom. The number of hydrogen-bond acceptors (Lipinski definition) is 4. The summed E-state index contributed by atoms with van der Waals surface area (Å²) < 4.78 is 4.93. The summed E-state index contributed by atoms with van der Waals surface area (Å²) in [4.78, 5) is 26.4. The fourth-order valence-electron chi connectivity index (χ4n) is 2.51. The molecule has 1 aromatic heterocycles. The number of amides is 3. The lowest BCUT2D eigenvalue weighted by Crippen LogP contribution is -2.42. The van der Waals surface area contributed by atoms with Crippen LogP contribution in [-0.2, 0) is 11.2 Å². The molecule has 7 heteroatoms. The molecule has 1 aromatic carbocycles. The van der Waals surface area contributed by atoms with Crippen LogP contribution < -0.4 is 10.6 Å². The largest absolute Gasteiger partial charge is 0.360 e. The normalized spacial score (nSPS) is 10.7. The minimum atomic E-state index is -0.323. The molecule has 0 fully saturated rings. The molecule has 0 spiro atoms. The SMILES string of the molecule is CCc1cccc(NC(=O)N(CC(=O)Nc2cc(C)on2)CC(C)C)c1. The van der Waals surface area contributed by atoms with Gasteiger partial charge in [0.2, 0.25) is 5.91 Å². The molecule has 140 valence electrons. The van der Waals surface area contributed by atoms with Gasteiger partial charge in [-0.15, -0.1) is 0 Å². The number of urea groups is 1. The molecule has 3 amide bonds. The molecule has 2 rings (SSSR count). The summed E-state index contributed by atoms with van der Waals surface area (Å²) in [5, 5.41) is 9.24. The molecule has 0 bridgehead atoms. The number of carbonyl (C=O) groups excluding carboxylic acids is 2. The van der Waals surface area contributed by atoms with Gasteiger partial charge in [0.25, 0.3) is 0 Å². The second-order valence-corrected chi connectivity index (χ2v) is 6.63. The summed E-state index contributed by atoms with van der Waals surface area (Å²) in [5.41, 5.74) is 1.85. The van der Waals surface area contributed by atoms with Gasteiger partial charge in [0, 0.05) is 18.3 Å². The molecular formula is C19H26N4O3. The van der Waals surface area contributed by atoms with E-state index < -0.39 is 0 Å². The second kappa shape index (κ2) is 9.03. The standard InChI is InChI=1S/C19H26N4O3/c1-5-15-7-6-8-16(10-15)20-19(25)23(11-13(2)3)12-18(24)21-17-9-14(4)26-22-17/h6-10,13H,5,11-12H2,1-4H3,(H,20,25)(H,21,22,24). The molecule has 0 atom stereocenters. The molecule has 0 saturated carbocycles. The number of aryl methyl sites for hydroxylation is 2. The smallest absolute Gasteiger partial charge is 0.322 e. The summed E-state index contributed by atoms with van der Waals surface area (Å²) in [6.07, 6.45) is 0.888. The lowest BCUT2D eigenvalue weighted by molar-refractivity contribution is -0.116. The van der Waals surface area contributed by atoms with Gasteiger partial charge < -0.3 is 20.1 Å². The number of anilines is 2. The first-order chi connectivity index (χ1) is 12.4. The number of carbonyl (C=O) groups is 2. The summed E-state index contributed by atoms with van der Waals surface area (Å²) >= 11 is 0. The monoisotopic (exact) mass is 358 g/mol. The summed E-state index contributed by atoms with van der Waals surface area (Å²) in [6, 6.07) is 9.00. The molecule has 1 heterocycles. The molecule has 26 heavy (non-hydrogen) atoms. The summed E-state index contributed by atoms with van der Waals surface area (Å²) in [7, 11) is 0. The number of nitrogens with zero attached hydrogens (tertiary/aromatic N) is 2. The van der Waals surface area contributed by atoms with Crippen molar-refractivity contribution in [3.8, 4) is 0 Å². The van der Waals surface area contributed by atoms with Gasteiger partial charge in [-0.2, -0.15) is 0 Å². The van der Waals surface area contributed by atoms with E-state index in [0.29, 0.717) is 18.1 Å². The van der Waals surface area contributed by atoms with E-state index in [1.54, 1.807) is 13.0 Å². The van der Waals surface area contributed by atoms with Crippen LogP contribution in [0.4, 0.5) is 16.3 Å². The molecule has 0 unspecified atom stereocenters. The first kappa shape index (κ1) is 19.5. The van der Waals surface area contributed by atoms with Crippen molar-refractivity contribution < 1.29 is 14.1 Å². The van der Waals surface area contributed by atoms with Crippen LogP contribution in [0.2, 0.25) is 0 Å². The van der Waals surface area contributed by atoms with Crippen LogP contribution in [0.3, 0.4) is 0 Å². The van der Waals surface area contributed by atoms with E-state index in [0.717, 1.165) is 17.7 Å².